The summed E-state index contributed by atoms with van der Waals surface area (Å²) in [4.78, 5) is 0. The molecule has 2 atom stereocenters. The van der Waals surface area contributed by atoms with Crippen molar-refractivity contribution in [3.05, 3.63) is 35.1 Å². The minimum absolute atomic E-state index is 0.199. The van der Waals surface area contributed by atoms with Crippen molar-refractivity contribution in [2.45, 2.75) is 31.9 Å². The maximum absolute atomic E-state index is 13.2. The molecule has 2 N–H and O–H groups in total. The zero-order valence-electron chi connectivity index (χ0n) is 8.83. The average molecular weight is 209 g/mol. The Hall–Kier alpha value is -0.930. The summed E-state index contributed by atoms with van der Waals surface area (Å²) < 4.78 is 13.2. The van der Waals surface area contributed by atoms with Gasteiger partial charge in [-0.15, -0.1) is 0 Å². The molecule has 1 heterocycles. The summed E-state index contributed by atoms with van der Waals surface area (Å²) in [6.07, 6.45) is 1.59. The van der Waals surface area contributed by atoms with E-state index in [2.05, 4.69) is 5.32 Å². The lowest BCUT2D eigenvalue weighted by Crippen LogP contribution is -2.15. The second kappa shape index (κ2) is 4.29. The molecule has 0 aromatic heterocycles. The first-order chi connectivity index (χ1) is 7.18. The molecule has 1 fully saturated rings. The van der Waals surface area contributed by atoms with Crippen molar-refractivity contribution in [2.75, 3.05) is 6.54 Å². The molecule has 1 aromatic carbocycles. The third kappa shape index (κ3) is 2.19. The smallest absolute Gasteiger partial charge is 0.123 e. The van der Waals surface area contributed by atoms with Crippen LogP contribution in [0.3, 0.4) is 0 Å². The van der Waals surface area contributed by atoms with E-state index in [1.807, 2.05) is 0 Å². The van der Waals surface area contributed by atoms with E-state index in [0.29, 0.717) is 0 Å². The van der Waals surface area contributed by atoms with Crippen LogP contribution < -0.4 is 5.32 Å². The highest BCUT2D eigenvalue weighted by molar-refractivity contribution is 5.32. The average Bonchev–Trinajstić information content (AvgIpc) is 2.69. The molecule has 0 amide bonds. The lowest BCUT2D eigenvalue weighted by Gasteiger charge is -2.17. The quantitative estimate of drug-likeness (QED) is 0.783. The molecule has 0 saturated carbocycles. The topological polar surface area (TPSA) is 32.3 Å². The van der Waals surface area contributed by atoms with E-state index in [0.717, 1.165) is 30.5 Å². The SMILES string of the molecule is CC(O)c1ccc(F)cc1C1CCCN1. The fourth-order valence-electron chi connectivity index (χ4n) is 2.18. The summed E-state index contributed by atoms with van der Waals surface area (Å²) in [5, 5.41) is 12.9. The molecule has 0 spiro atoms. The first-order valence-electron chi connectivity index (χ1n) is 5.39. The molecule has 2 unspecified atom stereocenters. The molecule has 1 saturated heterocycles. The van der Waals surface area contributed by atoms with Gasteiger partial charge in [-0.3, -0.25) is 0 Å². The predicted octanol–water partition coefficient (Wildman–Crippen LogP) is 2.30. The minimum Gasteiger partial charge on any atom is -0.389 e. The van der Waals surface area contributed by atoms with Crippen LogP contribution in [0.5, 0.6) is 0 Å². The van der Waals surface area contributed by atoms with Crippen molar-refractivity contribution in [3.63, 3.8) is 0 Å². The van der Waals surface area contributed by atoms with Gasteiger partial charge in [-0.05, 0) is 49.6 Å². The molecular formula is C12H16FNO. The number of rotatable bonds is 2. The zero-order valence-corrected chi connectivity index (χ0v) is 8.83. The first kappa shape index (κ1) is 10.6. The molecular weight excluding hydrogens is 193 g/mol. The van der Waals surface area contributed by atoms with Crippen LogP contribution in [0.25, 0.3) is 0 Å². The highest BCUT2D eigenvalue weighted by Gasteiger charge is 2.21. The van der Waals surface area contributed by atoms with Gasteiger partial charge in [0.1, 0.15) is 5.82 Å². The van der Waals surface area contributed by atoms with Gasteiger partial charge in [-0.25, -0.2) is 4.39 Å². The highest BCUT2D eigenvalue weighted by Crippen LogP contribution is 2.29. The van der Waals surface area contributed by atoms with Gasteiger partial charge in [-0.1, -0.05) is 6.07 Å². The van der Waals surface area contributed by atoms with Gasteiger partial charge in [0.05, 0.1) is 6.10 Å². The number of halogens is 1. The lowest BCUT2D eigenvalue weighted by atomic mass is 9.96. The Labute approximate surface area is 89.1 Å². The van der Waals surface area contributed by atoms with Crippen molar-refractivity contribution in [2.24, 2.45) is 0 Å². The number of aliphatic hydroxyl groups excluding tert-OH is 1. The molecule has 82 valence electrons. The fourth-order valence-corrected chi connectivity index (χ4v) is 2.18. The Balaban J connectivity index is 2.37. The molecule has 1 aromatic rings. The van der Waals surface area contributed by atoms with Gasteiger partial charge < -0.3 is 10.4 Å². The van der Waals surface area contributed by atoms with Gasteiger partial charge in [-0.2, -0.15) is 0 Å². The molecule has 0 aliphatic carbocycles. The van der Waals surface area contributed by atoms with Crippen LogP contribution in [-0.2, 0) is 0 Å². The molecule has 1 aliphatic rings. The van der Waals surface area contributed by atoms with Crippen LogP contribution in [0.2, 0.25) is 0 Å². The number of benzene rings is 1. The Morgan fingerprint density at radius 1 is 1.53 bits per heavy atom. The van der Waals surface area contributed by atoms with E-state index in [-0.39, 0.29) is 11.9 Å². The molecule has 2 rings (SSSR count). The predicted molar refractivity (Wildman–Crippen MR) is 57.0 cm³/mol. The van der Waals surface area contributed by atoms with Crippen molar-refractivity contribution in [1.29, 1.82) is 0 Å². The minimum atomic E-state index is -0.539. The van der Waals surface area contributed by atoms with Crippen molar-refractivity contribution in [3.8, 4) is 0 Å². The van der Waals surface area contributed by atoms with E-state index >= 15 is 0 Å². The number of hydrogen-bond acceptors (Lipinski definition) is 2. The van der Waals surface area contributed by atoms with Crippen LogP contribution in [0.4, 0.5) is 4.39 Å². The highest BCUT2D eigenvalue weighted by atomic mass is 19.1. The summed E-state index contributed by atoms with van der Waals surface area (Å²) in [7, 11) is 0. The standard InChI is InChI=1S/C12H16FNO/c1-8(15)10-5-4-9(13)7-11(10)12-3-2-6-14-12/h4-5,7-8,12,14-15H,2-3,6H2,1H3. The lowest BCUT2D eigenvalue weighted by molar-refractivity contribution is 0.197. The maximum Gasteiger partial charge on any atom is 0.123 e. The van der Waals surface area contributed by atoms with E-state index < -0.39 is 6.10 Å². The second-order valence-electron chi connectivity index (χ2n) is 4.10. The van der Waals surface area contributed by atoms with Crippen LogP contribution >= 0.6 is 0 Å². The largest absolute Gasteiger partial charge is 0.389 e. The monoisotopic (exact) mass is 209 g/mol. The van der Waals surface area contributed by atoms with Crippen molar-refractivity contribution in [1.82, 2.24) is 5.32 Å². The van der Waals surface area contributed by atoms with Gasteiger partial charge >= 0.3 is 0 Å². The van der Waals surface area contributed by atoms with Gasteiger partial charge in [0.15, 0.2) is 0 Å². The van der Waals surface area contributed by atoms with E-state index in [1.54, 1.807) is 13.0 Å². The number of hydrogen-bond donors (Lipinski definition) is 2. The Morgan fingerprint density at radius 2 is 2.33 bits per heavy atom. The van der Waals surface area contributed by atoms with Crippen LogP contribution in [0.15, 0.2) is 18.2 Å². The first-order valence-corrected chi connectivity index (χ1v) is 5.39. The van der Waals surface area contributed by atoms with Crippen LogP contribution in [0.1, 0.15) is 43.0 Å². The molecule has 15 heavy (non-hydrogen) atoms. The Bertz CT molecular complexity index is 345. The summed E-state index contributed by atoms with van der Waals surface area (Å²) >= 11 is 0. The van der Waals surface area contributed by atoms with Crippen molar-refractivity contribution < 1.29 is 9.50 Å². The molecule has 0 bridgehead atoms. The molecule has 3 heteroatoms. The third-order valence-electron chi connectivity index (χ3n) is 2.93. The normalized spacial score (nSPS) is 23.0. The van der Waals surface area contributed by atoms with Gasteiger partial charge in [0, 0.05) is 6.04 Å². The summed E-state index contributed by atoms with van der Waals surface area (Å²) in [6, 6.07) is 4.81. The molecule has 1 aliphatic heterocycles. The third-order valence-corrected chi connectivity index (χ3v) is 2.93. The van der Waals surface area contributed by atoms with E-state index in [9.17, 15) is 9.50 Å². The Morgan fingerprint density at radius 3 is 2.93 bits per heavy atom. The van der Waals surface area contributed by atoms with Gasteiger partial charge in [0.25, 0.3) is 0 Å². The van der Waals surface area contributed by atoms with E-state index in [4.69, 9.17) is 0 Å². The number of nitrogens with one attached hydrogen (secondary N) is 1. The summed E-state index contributed by atoms with van der Waals surface area (Å²) in [5.74, 6) is -0.233. The van der Waals surface area contributed by atoms with Crippen LogP contribution in [0, 0.1) is 5.82 Å². The fraction of sp³-hybridized carbons (Fsp3) is 0.500. The van der Waals surface area contributed by atoms with Gasteiger partial charge in [0.2, 0.25) is 0 Å². The number of aliphatic hydroxyl groups is 1. The summed E-state index contributed by atoms with van der Waals surface area (Å²) in [6.45, 7) is 2.69. The zero-order chi connectivity index (χ0) is 10.8. The molecule has 2 nitrogen and oxygen atoms in total. The molecule has 0 radical (unpaired) electrons. The second-order valence-corrected chi connectivity index (χ2v) is 4.10. The van der Waals surface area contributed by atoms with Crippen molar-refractivity contribution >= 4 is 0 Å². The summed E-state index contributed by atoms with van der Waals surface area (Å²) in [5.41, 5.74) is 1.73. The maximum atomic E-state index is 13.2. The Kier molecular flexibility index (Phi) is 3.03. The van der Waals surface area contributed by atoms with E-state index in [1.165, 1.54) is 12.1 Å². The van der Waals surface area contributed by atoms with Crippen LogP contribution in [-0.4, -0.2) is 11.7 Å².